The maximum absolute atomic E-state index is 5.35. The Morgan fingerprint density at radius 2 is 1.97 bits per heavy atom. The van der Waals surface area contributed by atoms with Gasteiger partial charge in [0.2, 0.25) is 0 Å². The van der Waals surface area contributed by atoms with E-state index in [0.29, 0.717) is 6.54 Å². The summed E-state index contributed by atoms with van der Waals surface area (Å²) in [6, 6.07) is 12.3. The Morgan fingerprint density at radius 3 is 2.61 bits per heavy atom. The van der Waals surface area contributed by atoms with E-state index in [2.05, 4.69) is 48.3 Å². The molecular weight excluding hydrogens is 390 g/mol. The lowest BCUT2D eigenvalue weighted by Gasteiger charge is -2.37. The number of pyridine rings is 1. The second-order valence-corrected chi connectivity index (χ2v) is 7.45. The van der Waals surface area contributed by atoms with Gasteiger partial charge in [0.05, 0.1) is 7.11 Å². The number of hydrogen-bond donors (Lipinski definition) is 1. The third kappa shape index (κ3) is 4.79. The van der Waals surface area contributed by atoms with Crippen molar-refractivity contribution in [3.63, 3.8) is 0 Å². The minimum atomic E-state index is 0.680. The van der Waals surface area contributed by atoms with E-state index in [0.717, 1.165) is 55.1 Å². The van der Waals surface area contributed by atoms with Gasteiger partial charge in [-0.15, -0.1) is 0 Å². The number of aryl methyl sites for hydroxylation is 1. The number of benzene rings is 1. The molecule has 8 heteroatoms. The van der Waals surface area contributed by atoms with Crippen LogP contribution in [0.15, 0.2) is 60.0 Å². The van der Waals surface area contributed by atoms with Crippen molar-refractivity contribution < 1.29 is 4.74 Å². The molecule has 1 fully saturated rings. The zero-order valence-corrected chi connectivity index (χ0v) is 18.3. The van der Waals surface area contributed by atoms with Gasteiger partial charge in [-0.05, 0) is 30.7 Å². The molecule has 0 radical (unpaired) electrons. The molecular formula is C23H29N7O. The SMILES string of the molecule is CN=C(NCc1ccc(-n2ccnc2C)nc1)N1CCN(c2cccc(OC)c2)CC1. The molecule has 31 heavy (non-hydrogen) atoms. The monoisotopic (exact) mass is 419 g/mol. The maximum Gasteiger partial charge on any atom is 0.194 e. The van der Waals surface area contributed by atoms with E-state index in [4.69, 9.17) is 4.74 Å². The van der Waals surface area contributed by atoms with Crippen molar-refractivity contribution in [1.82, 2.24) is 24.8 Å². The highest BCUT2D eigenvalue weighted by atomic mass is 16.5. The minimum Gasteiger partial charge on any atom is -0.497 e. The number of piperazine rings is 1. The van der Waals surface area contributed by atoms with Gasteiger partial charge in [-0.3, -0.25) is 9.56 Å². The molecule has 0 saturated carbocycles. The summed E-state index contributed by atoms with van der Waals surface area (Å²) in [5.41, 5.74) is 2.30. The predicted octanol–water partition coefficient (Wildman–Crippen LogP) is 2.48. The van der Waals surface area contributed by atoms with Crippen LogP contribution in [0.2, 0.25) is 0 Å². The van der Waals surface area contributed by atoms with Crippen molar-refractivity contribution in [2.45, 2.75) is 13.5 Å². The van der Waals surface area contributed by atoms with Gasteiger partial charge in [0, 0.05) is 70.1 Å². The van der Waals surface area contributed by atoms with E-state index >= 15 is 0 Å². The molecule has 1 aromatic carbocycles. The molecule has 0 amide bonds. The fourth-order valence-electron chi connectivity index (χ4n) is 3.78. The predicted molar refractivity (Wildman–Crippen MR) is 123 cm³/mol. The molecule has 2 aromatic heterocycles. The van der Waals surface area contributed by atoms with Gasteiger partial charge in [-0.2, -0.15) is 0 Å². The fraction of sp³-hybridized carbons (Fsp3) is 0.348. The van der Waals surface area contributed by atoms with E-state index in [-0.39, 0.29) is 0 Å². The van der Waals surface area contributed by atoms with Gasteiger partial charge in [-0.1, -0.05) is 12.1 Å². The van der Waals surface area contributed by atoms with Crippen LogP contribution >= 0.6 is 0 Å². The van der Waals surface area contributed by atoms with Gasteiger partial charge in [-0.25, -0.2) is 9.97 Å². The molecule has 0 bridgehead atoms. The number of ether oxygens (including phenoxy) is 1. The van der Waals surface area contributed by atoms with Gasteiger partial charge >= 0.3 is 0 Å². The normalized spacial score (nSPS) is 14.6. The topological polar surface area (TPSA) is 70.8 Å². The molecule has 1 saturated heterocycles. The lowest BCUT2D eigenvalue weighted by atomic mass is 10.2. The molecule has 162 valence electrons. The Labute approximate surface area is 183 Å². The van der Waals surface area contributed by atoms with E-state index in [9.17, 15) is 0 Å². The lowest BCUT2D eigenvalue weighted by Crippen LogP contribution is -2.52. The fourth-order valence-corrected chi connectivity index (χ4v) is 3.78. The van der Waals surface area contributed by atoms with E-state index < -0.39 is 0 Å². The highest BCUT2D eigenvalue weighted by Crippen LogP contribution is 2.22. The first-order valence-corrected chi connectivity index (χ1v) is 10.5. The van der Waals surface area contributed by atoms with Crippen LogP contribution in [-0.4, -0.2) is 65.7 Å². The molecule has 3 heterocycles. The number of rotatable bonds is 5. The van der Waals surface area contributed by atoms with Gasteiger partial charge in [0.25, 0.3) is 0 Å². The van der Waals surface area contributed by atoms with Crippen molar-refractivity contribution in [3.8, 4) is 11.6 Å². The van der Waals surface area contributed by atoms with Crippen LogP contribution in [-0.2, 0) is 6.54 Å². The highest BCUT2D eigenvalue weighted by molar-refractivity contribution is 5.80. The molecule has 0 aliphatic carbocycles. The molecule has 4 rings (SSSR count). The van der Waals surface area contributed by atoms with Crippen LogP contribution in [0.25, 0.3) is 5.82 Å². The third-order valence-corrected chi connectivity index (χ3v) is 5.54. The summed E-state index contributed by atoms with van der Waals surface area (Å²) in [6.45, 7) is 6.35. The number of anilines is 1. The van der Waals surface area contributed by atoms with Crippen LogP contribution in [0.1, 0.15) is 11.4 Å². The molecule has 0 unspecified atom stereocenters. The minimum absolute atomic E-state index is 0.680. The van der Waals surface area contributed by atoms with Crippen molar-refractivity contribution in [3.05, 3.63) is 66.4 Å². The number of nitrogens with one attached hydrogen (secondary N) is 1. The first kappa shape index (κ1) is 20.7. The van der Waals surface area contributed by atoms with Crippen molar-refractivity contribution in [1.29, 1.82) is 0 Å². The number of hydrogen-bond acceptors (Lipinski definition) is 5. The Hall–Kier alpha value is -3.55. The second kappa shape index (κ2) is 9.51. The number of nitrogens with zero attached hydrogens (tertiary/aromatic N) is 6. The highest BCUT2D eigenvalue weighted by Gasteiger charge is 2.20. The summed E-state index contributed by atoms with van der Waals surface area (Å²) in [7, 11) is 3.54. The molecule has 1 N–H and O–H groups in total. The Balaban J connectivity index is 1.31. The van der Waals surface area contributed by atoms with Crippen LogP contribution in [0.5, 0.6) is 5.75 Å². The van der Waals surface area contributed by atoms with Crippen molar-refractivity contribution in [2.75, 3.05) is 45.2 Å². The molecule has 0 atom stereocenters. The summed E-state index contributed by atoms with van der Waals surface area (Å²) in [5, 5.41) is 3.47. The summed E-state index contributed by atoms with van der Waals surface area (Å²) in [5.74, 6) is 3.60. The number of aliphatic imine (C=N–C) groups is 1. The number of aromatic nitrogens is 3. The van der Waals surface area contributed by atoms with Gasteiger partial charge in [0.1, 0.15) is 17.4 Å². The van der Waals surface area contributed by atoms with E-state index in [1.807, 2.05) is 49.1 Å². The quantitative estimate of drug-likeness (QED) is 0.506. The summed E-state index contributed by atoms with van der Waals surface area (Å²) >= 11 is 0. The zero-order valence-electron chi connectivity index (χ0n) is 18.3. The average Bonchev–Trinajstić information content (AvgIpc) is 3.26. The Kier molecular flexibility index (Phi) is 6.35. The lowest BCUT2D eigenvalue weighted by molar-refractivity contribution is 0.372. The molecule has 1 aliphatic rings. The smallest absolute Gasteiger partial charge is 0.194 e. The first-order chi connectivity index (χ1) is 15.2. The molecule has 1 aliphatic heterocycles. The summed E-state index contributed by atoms with van der Waals surface area (Å²) in [4.78, 5) is 18.0. The standard InChI is InChI=1S/C23H29N7O/c1-18-25-9-10-30(18)22-8-7-19(16-26-22)17-27-23(24-2)29-13-11-28(12-14-29)20-5-4-6-21(15-20)31-3/h4-10,15-16H,11-14,17H2,1-3H3,(H,24,27). The number of methoxy groups -OCH3 is 1. The Morgan fingerprint density at radius 1 is 1.13 bits per heavy atom. The number of imidazole rings is 1. The van der Waals surface area contributed by atoms with Gasteiger partial charge < -0.3 is 19.9 Å². The van der Waals surface area contributed by atoms with Crippen molar-refractivity contribution in [2.24, 2.45) is 4.99 Å². The average molecular weight is 420 g/mol. The number of guanidine groups is 1. The second-order valence-electron chi connectivity index (χ2n) is 7.45. The maximum atomic E-state index is 5.35. The summed E-state index contributed by atoms with van der Waals surface area (Å²) < 4.78 is 7.32. The van der Waals surface area contributed by atoms with Crippen LogP contribution < -0.4 is 15.0 Å². The Bertz CT molecular complexity index is 1020. The zero-order chi connectivity index (χ0) is 21.6. The van der Waals surface area contributed by atoms with Crippen LogP contribution in [0.3, 0.4) is 0 Å². The largest absolute Gasteiger partial charge is 0.497 e. The molecule has 0 spiro atoms. The van der Waals surface area contributed by atoms with Crippen LogP contribution in [0.4, 0.5) is 5.69 Å². The van der Waals surface area contributed by atoms with Gasteiger partial charge in [0.15, 0.2) is 5.96 Å². The first-order valence-electron chi connectivity index (χ1n) is 10.5. The van der Waals surface area contributed by atoms with Crippen LogP contribution in [0, 0.1) is 6.92 Å². The third-order valence-electron chi connectivity index (χ3n) is 5.54. The van der Waals surface area contributed by atoms with E-state index in [1.54, 1.807) is 13.3 Å². The molecule has 8 nitrogen and oxygen atoms in total. The van der Waals surface area contributed by atoms with E-state index in [1.165, 1.54) is 5.69 Å². The van der Waals surface area contributed by atoms with Crippen molar-refractivity contribution >= 4 is 11.6 Å². The molecule has 3 aromatic rings. The summed E-state index contributed by atoms with van der Waals surface area (Å²) in [6.07, 6.45) is 5.60.